The average Bonchev–Trinajstić information content (AvgIpc) is 3.65. The van der Waals surface area contributed by atoms with Crippen LogP contribution in [0.25, 0.3) is 66.4 Å². The molecule has 11 rings (SSSR count). The monoisotopic (exact) mass is 755 g/mol. The van der Waals surface area contributed by atoms with Crippen molar-refractivity contribution in [1.29, 1.82) is 0 Å². The Bertz CT molecular complexity index is 3100. The topological polar surface area (TPSA) is 3.24 Å². The van der Waals surface area contributed by atoms with Crippen molar-refractivity contribution in [3.8, 4) is 55.6 Å². The summed E-state index contributed by atoms with van der Waals surface area (Å²) in [6.45, 7) is 9.49. The maximum Gasteiger partial charge on any atom is 0.0546 e. The highest BCUT2D eigenvalue weighted by Gasteiger charge is 2.37. The summed E-state index contributed by atoms with van der Waals surface area (Å²) in [5, 5.41) is 2.46. The van der Waals surface area contributed by atoms with Gasteiger partial charge in [-0.05, 0) is 119 Å². The number of hydrogen-bond donors (Lipinski definition) is 0. The summed E-state index contributed by atoms with van der Waals surface area (Å²) in [5.41, 5.74) is 21.2. The van der Waals surface area contributed by atoms with Crippen molar-refractivity contribution >= 4 is 27.8 Å². The van der Waals surface area contributed by atoms with Crippen LogP contribution in [0, 0.1) is 0 Å². The molecule has 59 heavy (non-hydrogen) atoms. The van der Waals surface area contributed by atoms with Crippen LogP contribution in [-0.4, -0.2) is 0 Å². The molecule has 282 valence electrons. The number of rotatable bonds is 6. The average molecular weight is 756 g/mol. The third kappa shape index (κ3) is 5.45. The second kappa shape index (κ2) is 13.3. The molecule has 2 aliphatic rings. The minimum atomic E-state index is -0.148. The summed E-state index contributed by atoms with van der Waals surface area (Å²) in [6.07, 6.45) is 0. The van der Waals surface area contributed by atoms with E-state index in [1.807, 2.05) is 0 Å². The standard InChI is InChI=1S/C58H45N/c1-57(2)51-27-15-13-24-46(51)48-32-30-41(35-53(48)57)50-36-43(34-40-22-11-12-23-44(40)50)59(42-31-33-49-47-25-14-16-28-52(47)58(3,4)54(49)37-42)55-29-17-26-45(38-18-7-5-8-19-38)56(55)39-20-9-6-10-21-39/h5-37H,1-4H3. The van der Waals surface area contributed by atoms with Crippen molar-refractivity contribution in [1.82, 2.24) is 0 Å². The molecule has 0 saturated heterocycles. The number of benzene rings is 9. The number of hydrogen-bond acceptors (Lipinski definition) is 1. The largest absolute Gasteiger partial charge is 0.310 e. The molecule has 0 amide bonds. The Balaban J connectivity index is 1.19. The first-order valence-corrected chi connectivity index (χ1v) is 20.8. The van der Waals surface area contributed by atoms with E-state index >= 15 is 0 Å². The van der Waals surface area contributed by atoms with E-state index < -0.39 is 0 Å². The summed E-state index contributed by atoms with van der Waals surface area (Å²) in [4.78, 5) is 2.53. The van der Waals surface area contributed by atoms with Crippen LogP contribution in [0.3, 0.4) is 0 Å². The molecular formula is C58H45N. The van der Waals surface area contributed by atoms with E-state index in [0.717, 1.165) is 17.1 Å². The van der Waals surface area contributed by atoms with Crippen LogP contribution in [0.15, 0.2) is 200 Å². The molecular weight excluding hydrogens is 711 g/mol. The summed E-state index contributed by atoms with van der Waals surface area (Å²) in [6, 6.07) is 74.5. The molecule has 0 N–H and O–H groups in total. The Kier molecular flexibility index (Phi) is 7.94. The summed E-state index contributed by atoms with van der Waals surface area (Å²) < 4.78 is 0. The van der Waals surface area contributed by atoms with Crippen LogP contribution in [0.1, 0.15) is 49.9 Å². The van der Waals surface area contributed by atoms with Gasteiger partial charge in [0.1, 0.15) is 0 Å². The van der Waals surface area contributed by atoms with Crippen LogP contribution in [-0.2, 0) is 10.8 Å². The molecule has 0 aromatic heterocycles. The Morgan fingerprint density at radius 1 is 0.322 bits per heavy atom. The number of nitrogens with zero attached hydrogens (tertiary/aromatic N) is 1. The van der Waals surface area contributed by atoms with Crippen molar-refractivity contribution < 1.29 is 0 Å². The molecule has 2 aliphatic carbocycles. The third-order valence-electron chi connectivity index (χ3n) is 13.3. The van der Waals surface area contributed by atoms with Gasteiger partial charge in [0.05, 0.1) is 5.69 Å². The van der Waals surface area contributed by atoms with Crippen molar-refractivity contribution in [3.05, 3.63) is 222 Å². The molecule has 9 aromatic carbocycles. The summed E-state index contributed by atoms with van der Waals surface area (Å²) in [5.74, 6) is 0. The first-order chi connectivity index (χ1) is 28.8. The fraction of sp³-hybridized carbons (Fsp3) is 0.103. The number of fused-ring (bicyclic) bond motifs is 7. The van der Waals surface area contributed by atoms with Crippen molar-refractivity contribution in [2.24, 2.45) is 0 Å². The zero-order valence-electron chi connectivity index (χ0n) is 34.0. The van der Waals surface area contributed by atoms with Crippen LogP contribution in [0.4, 0.5) is 17.1 Å². The van der Waals surface area contributed by atoms with Crippen molar-refractivity contribution in [2.75, 3.05) is 4.90 Å². The zero-order valence-corrected chi connectivity index (χ0v) is 34.0. The van der Waals surface area contributed by atoms with Crippen molar-refractivity contribution in [2.45, 2.75) is 38.5 Å². The molecule has 0 unspecified atom stereocenters. The van der Waals surface area contributed by atoms with Gasteiger partial charge in [0.25, 0.3) is 0 Å². The Labute approximate surface area is 347 Å². The van der Waals surface area contributed by atoms with Gasteiger partial charge >= 0.3 is 0 Å². The molecule has 9 aromatic rings. The van der Waals surface area contributed by atoms with Crippen LogP contribution in [0.2, 0.25) is 0 Å². The predicted molar refractivity (Wildman–Crippen MR) is 250 cm³/mol. The van der Waals surface area contributed by atoms with Crippen molar-refractivity contribution in [3.63, 3.8) is 0 Å². The van der Waals surface area contributed by atoms with Gasteiger partial charge in [0, 0.05) is 27.8 Å². The first kappa shape index (κ1) is 35.2. The lowest BCUT2D eigenvalue weighted by Gasteiger charge is -2.31. The van der Waals surface area contributed by atoms with E-state index in [0.29, 0.717) is 0 Å². The summed E-state index contributed by atoms with van der Waals surface area (Å²) in [7, 11) is 0. The van der Waals surface area contributed by atoms with Gasteiger partial charge in [-0.1, -0.05) is 191 Å². The van der Waals surface area contributed by atoms with Gasteiger partial charge in [-0.2, -0.15) is 0 Å². The molecule has 0 heterocycles. The molecule has 1 heteroatoms. The van der Waals surface area contributed by atoms with E-state index in [-0.39, 0.29) is 10.8 Å². The molecule has 0 spiro atoms. The van der Waals surface area contributed by atoms with Gasteiger partial charge < -0.3 is 4.90 Å². The van der Waals surface area contributed by atoms with Crippen LogP contribution < -0.4 is 4.90 Å². The second-order valence-electron chi connectivity index (χ2n) is 17.3. The van der Waals surface area contributed by atoms with E-state index in [1.54, 1.807) is 0 Å². The lowest BCUT2D eigenvalue weighted by atomic mass is 9.81. The predicted octanol–water partition coefficient (Wildman–Crippen LogP) is 15.9. The first-order valence-electron chi connectivity index (χ1n) is 20.8. The van der Waals surface area contributed by atoms with E-state index in [1.165, 1.54) is 88.7 Å². The highest BCUT2D eigenvalue weighted by molar-refractivity contribution is 6.04. The highest BCUT2D eigenvalue weighted by atomic mass is 15.1. The SMILES string of the molecule is CC1(C)c2ccccc2-c2ccc(-c3cc(N(c4ccc5c(c4)C(C)(C)c4ccccc4-5)c4cccc(-c5ccccc5)c4-c4ccccc4)cc4ccccc34)cc21. The fourth-order valence-electron chi connectivity index (χ4n) is 10.3. The van der Waals surface area contributed by atoms with E-state index in [9.17, 15) is 0 Å². The highest BCUT2D eigenvalue weighted by Crippen LogP contribution is 2.54. The third-order valence-corrected chi connectivity index (χ3v) is 13.3. The lowest BCUT2D eigenvalue weighted by molar-refractivity contribution is 0.660. The van der Waals surface area contributed by atoms with Crippen LogP contribution >= 0.6 is 0 Å². The summed E-state index contributed by atoms with van der Waals surface area (Å²) >= 11 is 0. The normalized spacial score (nSPS) is 14.0. The smallest absolute Gasteiger partial charge is 0.0546 e. The quantitative estimate of drug-likeness (QED) is 0.163. The molecule has 0 aliphatic heterocycles. The minimum Gasteiger partial charge on any atom is -0.310 e. The Hall–Kier alpha value is -6.96. The molecule has 0 atom stereocenters. The second-order valence-corrected chi connectivity index (χ2v) is 17.3. The van der Waals surface area contributed by atoms with Gasteiger partial charge in [-0.3, -0.25) is 0 Å². The lowest BCUT2D eigenvalue weighted by Crippen LogP contribution is -2.17. The van der Waals surface area contributed by atoms with E-state index in [2.05, 4.69) is 233 Å². The number of anilines is 3. The van der Waals surface area contributed by atoms with Gasteiger partial charge in [-0.15, -0.1) is 0 Å². The van der Waals surface area contributed by atoms with Crippen LogP contribution in [0.5, 0.6) is 0 Å². The van der Waals surface area contributed by atoms with E-state index in [4.69, 9.17) is 0 Å². The maximum absolute atomic E-state index is 2.53. The van der Waals surface area contributed by atoms with Gasteiger partial charge in [0.15, 0.2) is 0 Å². The molecule has 0 saturated carbocycles. The molecule has 0 bridgehead atoms. The zero-order chi connectivity index (χ0) is 39.9. The molecule has 0 fully saturated rings. The molecule has 0 radical (unpaired) electrons. The molecule has 1 nitrogen and oxygen atoms in total. The minimum absolute atomic E-state index is 0.0986. The Morgan fingerprint density at radius 3 is 1.56 bits per heavy atom. The maximum atomic E-state index is 2.53. The fourth-order valence-corrected chi connectivity index (χ4v) is 10.3. The Morgan fingerprint density at radius 2 is 0.864 bits per heavy atom. The van der Waals surface area contributed by atoms with Gasteiger partial charge in [-0.25, -0.2) is 0 Å². The van der Waals surface area contributed by atoms with Gasteiger partial charge in [0.2, 0.25) is 0 Å².